The number of rotatable bonds is 3. The van der Waals surface area contributed by atoms with Crippen LogP contribution in [0, 0.1) is 0 Å². The summed E-state index contributed by atoms with van der Waals surface area (Å²) in [4.78, 5) is 10.2. The van der Waals surface area contributed by atoms with E-state index in [1.165, 1.54) is 54.1 Å². The van der Waals surface area contributed by atoms with Crippen LogP contribution in [0.4, 0.5) is 0 Å². The maximum atomic E-state index is 5.17. The van der Waals surface area contributed by atoms with Gasteiger partial charge in [-0.05, 0) is 68.7 Å². The third-order valence-electron chi connectivity index (χ3n) is 9.55. The molecule has 47 heavy (non-hydrogen) atoms. The summed E-state index contributed by atoms with van der Waals surface area (Å²) in [5, 5.41) is 11.2. The molecule has 0 fully saturated rings. The Morgan fingerprint density at radius 2 is 0.915 bits per heavy atom. The summed E-state index contributed by atoms with van der Waals surface area (Å²) in [6, 6.07) is 58.4. The summed E-state index contributed by atoms with van der Waals surface area (Å²) in [6.45, 7) is 0. The van der Waals surface area contributed by atoms with Crippen molar-refractivity contribution < 1.29 is 0 Å². The Balaban J connectivity index is 1.25. The molecule has 3 nitrogen and oxygen atoms in total. The van der Waals surface area contributed by atoms with E-state index in [1.54, 1.807) is 0 Å². The van der Waals surface area contributed by atoms with Crippen molar-refractivity contribution >= 4 is 65.0 Å². The number of hydrogen-bond donors (Lipinski definition) is 0. The van der Waals surface area contributed by atoms with Gasteiger partial charge in [0.15, 0.2) is 5.82 Å². The van der Waals surface area contributed by atoms with Crippen LogP contribution < -0.4 is 0 Å². The van der Waals surface area contributed by atoms with E-state index in [2.05, 4.69) is 156 Å². The van der Waals surface area contributed by atoms with Gasteiger partial charge in [-0.25, -0.2) is 9.97 Å². The first kappa shape index (κ1) is 26.0. The Morgan fingerprint density at radius 3 is 1.66 bits per heavy atom. The van der Waals surface area contributed by atoms with Crippen LogP contribution >= 0.6 is 0 Å². The molecule has 0 saturated heterocycles. The van der Waals surface area contributed by atoms with E-state index in [4.69, 9.17) is 9.97 Å². The van der Waals surface area contributed by atoms with E-state index in [0.717, 1.165) is 33.4 Å². The van der Waals surface area contributed by atoms with Gasteiger partial charge >= 0.3 is 0 Å². The van der Waals surface area contributed by atoms with Crippen LogP contribution in [0.2, 0.25) is 0 Å². The molecule has 0 bridgehead atoms. The lowest BCUT2D eigenvalue weighted by atomic mass is 9.93. The van der Waals surface area contributed by atoms with Crippen molar-refractivity contribution in [2.24, 2.45) is 0 Å². The van der Waals surface area contributed by atoms with Crippen molar-refractivity contribution in [2.75, 3.05) is 0 Å². The fourth-order valence-electron chi connectivity index (χ4n) is 7.45. The Bertz CT molecular complexity index is 2850. The molecule has 0 radical (unpaired) electrons. The van der Waals surface area contributed by atoms with Gasteiger partial charge in [-0.1, -0.05) is 127 Å². The first-order valence-corrected chi connectivity index (χ1v) is 16.0. The Morgan fingerprint density at radius 1 is 0.340 bits per heavy atom. The van der Waals surface area contributed by atoms with Crippen molar-refractivity contribution in [2.45, 2.75) is 0 Å². The zero-order chi connectivity index (χ0) is 30.9. The fourth-order valence-corrected chi connectivity index (χ4v) is 7.45. The highest BCUT2D eigenvalue weighted by atomic mass is 15.0. The van der Waals surface area contributed by atoms with E-state index in [-0.39, 0.29) is 0 Å². The molecule has 10 rings (SSSR count). The van der Waals surface area contributed by atoms with Crippen molar-refractivity contribution in [1.82, 2.24) is 14.5 Å². The molecule has 0 atom stereocenters. The van der Waals surface area contributed by atoms with Crippen LogP contribution in [0.5, 0.6) is 0 Å². The van der Waals surface area contributed by atoms with Gasteiger partial charge in [0.25, 0.3) is 0 Å². The molecule has 218 valence electrons. The van der Waals surface area contributed by atoms with Crippen LogP contribution in [0.1, 0.15) is 0 Å². The first-order valence-electron chi connectivity index (χ1n) is 16.0. The second-order valence-electron chi connectivity index (χ2n) is 12.2. The Hall–Kier alpha value is -6.32. The van der Waals surface area contributed by atoms with Crippen LogP contribution in [-0.4, -0.2) is 14.5 Å². The summed E-state index contributed by atoms with van der Waals surface area (Å²) >= 11 is 0. The monoisotopic (exact) mass is 597 g/mol. The standard InChI is InChI=1S/C44H27N3/c1-2-13-28(14-3-1)43-36-22-8-10-23-40(36)45-44(46-43)29-15-12-16-30(25-29)47-41-24-11-9-21-35(41)39-26-37-33-19-6-4-17-31(33)32-18-5-7-20-34(32)38(37)27-42(39)47/h1-27H. The third-order valence-corrected chi connectivity index (χ3v) is 9.55. The number of aromatic nitrogens is 3. The molecule has 0 saturated carbocycles. The molecule has 2 aromatic heterocycles. The van der Waals surface area contributed by atoms with Gasteiger partial charge in [-0.15, -0.1) is 0 Å². The molecule has 0 aliphatic carbocycles. The van der Waals surface area contributed by atoms with E-state index in [9.17, 15) is 0 Å². The molecule has 0 spiro atoms. The van der Waals surface area contributed by atoms with Crippen molar-refractivity contribution in [3.63, 3.8) is 0 Å². The topological polar surface area (TPSA) is 30.7 Å². The number of nitrogens with zero attached hydrogens (tertiary/aromatic N) is 3. The van der Waals surface area contributed by atoms with Crippen molar-refractivity contribution in [3.05, 3.63) is 164 Å². The highest BCUT2D eigenvalue weighted by Crippen LogP contribution is 2.41. The van der Waals surface area contributed by atoms with E-state index < -0.39 is 0 Å². The lowest BCUT2D eigenvalue weighted by Crippen LogP contribution is -1.98. The van der Waals surface area contributed by atoms with Gasteiger partial charge in [0.05, 0.1) is 22.2 Å². The summed E-state index contributed by atoms with van der Waals surface area (Å²) < 4.78 is 2.40. The number of hydrogen-bond acceptors (Lipinski definition) is 2. The van der Waals surface area contributed by atoms with Gasteiger partial charge in [0.1, 0.15) is 0 Å². The zero-order valence-corrected chi connectivity index (χ0v) is 25.4. The normalized spacial score (nSPS) is 11.8. The molecule has 0 N–H and O–H groups in total. The molecule has 0 aliphatic rings. The van der Waals surface area contributed by atoms with Crippen LogP contribution in [0.15, 0.2) is 164 Å². The predicted octanol–water partition coefficient (Wildman–Crippen LogP) is 11.5. The summed E-state index contributed by atoms with van der Waals surface area (Å²) in [6.07, 6.45) is 0. The smallest absolute Gasteiger partial charge is 0.160 e. The SMILES string of the molecule is c1ccc(-c2nc(-c3cccc(-n4c5ccccc5c5cc6c7ccccc7c7ccccc7c6cc54)c3)nc3ccccc23)cc1. The minimum atomic E-state index is 0.716. The maximum Gasteiger partial charge on any atom is 0.160 e. The van der Waals surface area contributed by atoms with Crippen molar-refractivity contribution in [3.8, 4) is 28.3 Å². The lowest BCUT2D eigenvalue weighted by Gasteiger charge is -2.13. The zero-order valence-electron chi connectivity index (χ0n) is 25.4. The predicted molar refractivity (Wildman–Crippen MR) is 197 cm³/mol. The third kappa shape index (κ3) is 3.93. The minimum absolute atomic E-state index is 0.716. The molecule has 0 aliphatic heterocycles. The molecule has 2 heterocycles. The van der Waals surface area contributed by atoms with E-state index >= 15 is 0 Å². The van der Waals surface area contributed by atoms with Crippen LogP contribution in [0.25, 0.3) is 93.4 Å². The fraction of sp³-hybridized carbons (Fsp3) is 0. The average molecular weight is 598 g/mol. The van der Waals surface area contributed by atoms with E-state index in [1.807, 2.05) is 12.1 Å². The minimum Gasteiger partial charge on any atom is -0.309 e. The van der Waals surface area contributed by atoms with Crippen molar-refractivity contribution in [1.29, 1.82) is 0 Å². The maximum absolute atomic E-state index is 5.17. The van der Waals surface area contributed by atoms with E-state index in [0.29, 0.717) is 5.82 Å². The van der Waals surface area contributed by atoms with Gasteiger partial charge in [0.2, 0.25) is 0 Å². The molecule has 0 amide bonds. The number of benzene rings is 8. The van der Waals surface area contributed by atoms with Gasteiger partial charge in [0, 0.05) is 33.0 Å². The molecule has 0 unspecified atom stereocenters. The molecule has 8 aromatic carbocycles. The van der Waals surface area contributed by atoms with Crippen LogP contribution in [-0.2, 0) is 0 Å². The highest BCUT2D eigenvalue weighted by molar-refractivity contribution is 6.28. The molecular weight excluding hydrogens is 571 g/mol. The van der Waals surface area contributed by atoms with Gasteiger partial charge in [-0.2, -0.15) is 0 Å². The first-order chi connectivity index (χ1) is 23.3. The molecule has 10 aromatic rings. The van der Waals surface area contributed by atoms with Gasteiger partial charge < -0.3 is 4.57 Å². The Kier molecular flexibility index (Phi) is 5.57. The highest BCUT2D eigenvalue weighted by Gasteiger charge is 2.17. The van der Waals surface area contributed by atoms with Crippen LogP contribution in [0.3, 0.4) is 0 Å². The number of para-hydroxylation sites is 2. The Labute approximate surface area is 271 Å². The molecular formula is C44H27N3. The number of fused-ring (bicyclic) bond motifs is 10. The second-order valence-corrected chi connectivity index (χ2v) is 12.2. The summed E-state index contributed by atoms with van der Waals surface area (Å²) in [5.41, 5.74) is 7.37. The summed E-state index contributed by atoms with van der Waals surface area (Å²) in [7, 11) is 0. The molecule has 3 heteroatoms. The lowest BCUT2D eigenvalue weighted by molar-refractivity contribution is 1.17. The summed E-state index contributed by atoms with van der Waals surface area (Å²) in [5.74, 6) is 0.716. The average Bonchev–Trinajstić information content (AvgIpc) is 3.47. The quantitative estimate of drug-likeness (QED) is 0.190. The van der Waals surface area contributed by atoms with Gasteiger partial charge in [-0.3, -0.25) is 0 Å². The largest absolute Gasteiger partial charge is 0.309 e. The second kappa shape index (κ2) is 10.1.